The Bertz CT molecular complexity index is 335. The van der Waals surface area contributed by atoms with Crippen LogP contribution in [0.25, 0.3) is 0 Å². The second-order valence-corrected chi connectivity index (χ2v) is 5.16. The van der Waals surface area contributed by atoms with Crippen LogP contribution in [0.4, 0.5) is 0 Å². The maximum atomic E-state index is 3.61. The van der Waals surface area contributed by atoms with Gasteiger partial charge in [0.1, 0.15) is 0 Å². The third-order valence-electron chi connectivity index (χ3n) is 3.90. The van der Waals surface area contributed by atoms with Gasteiger partial charge in [0.05, 0.1) is 6.54 Å². The van der Waals surface area contributed by atoms with E-state index in [-0.39, 0.29) is 0 Å². The summed E-state index contributed by atoms with van der Waals surface area (Å²) in [5.41, 5.74) is 4.98. The summed E-state index contributed by atoms with van der Waals surface area (Å²) in [7, 11) is 0. The summed E-state index contributed by atoms with van der Waals surface area (Å²) in [6, 6.07) is 5.65. The lowest BCUT2D eigenvalue weighted by Crippen LogP contribution is -2.51. The first-order valence-corrected chi connectivity index (χ1v) is 6.88. The molecule has 2 atom stereocenters. The molecule has 1 N–H and O–H groups in total. The molecule has 17 heavy (non-hydrogen) atoms. The van der Waals surface area contributed by atoms with Gasteiger partial charge in [-0.2, -0.15) is 0 Å². The van der Waals surface area contributed by atoms with Crippen molar-refractivity contribution in [2.24, 2.45) is 0 Å². The molecule has 1 aromatic heterocycles. The molecule has 1 aromatic rings. The molecule has 0 bridgehead atoms. The van der Waals surface area contributed by atoms with Crippen LogP contribution in [0.3, 0.4) is 0 Å². The van der Waals surface area contributed by atoms with Crippen molar-refractivity contribution < 1.29 is 0 Å². The van der Waals surface area contributed by atoms with Crippen LogP contribution < -0.4 is 5.43 Å². The van der Waals surface area contributed by atoms with Crippen LogP contribution in [0.2, 0.25) is 0 Å². The van der Waals surface area contributed by atoms with Crippen molar-refractivity contribution in [3.63, 3.8) is 0 Å². The zero-order chi connectivity index (χ0) is 12.3. The lowest BCUT2D eigenvalue weighted by Gasteiger charge is -2.39. The van der Waals surface area contributed by atoms with Crippen molar-refractivity contribution in [2.75, 3.05) is 0 Å². The molecule has 1 fully saturated rings. The van der Waals surface area contributed by atoms with Crippen molar-refractivity contribution in [3.05, 3.63) is 24.0 Å². The Labute approximate surface area is 105 Å². The van der Waals surface area contributed by atoms with Crippen LogP contribution in [0.15, 0.2) is 18.3 Å². The SMILES string of the molecule is CCn1cccc1CNN1C(C)CCCC1C. The number of nitrogens with zero attached hydrogens (tertiary/aromatic N) is 2. The number of aryl methyl sites for hydroxylation is 1. The van der Waals surface area contributed by atoms with Crippen molar-refractivity contribution in [1.29, 1.82) is 0 Å². The van der Waals surface area contributed by atoms with Crippen LogP contribution in [-0.2, 0) is 13.1 Å². The predicted molar refractivity (Wildman–Crippen MR) is 71.6 cm³/mol. The van der Waals surface area contributed by atoms with E-state index in [1.165, 1.54) is 25.0 Å². The molecule has 3 nitrogen and oxygen atoms in total. The third kappa shape index (κ3) is 2.90. The Morgan fingerprint density at radius 2 is 2.00 bits per heavy atom. The van der Waals surface area contributed by atoms with Gasteiger partial charge >= 0.3 is 0 Å². The molecule has 0 saturated carbocycles. The summed E-state index contributed by atoms with van der Waals surface area (Å²) in [4.78, 5) is 0. The van der Waals surface area contributed by atoms with Gasteiger partial charge in [-0.3, -0.25) is 0 Å². The van der Waals surface area contributed by atoms with Crippen LogP contribution in [0.5, 0.6) is 0 Å². The lowest BCUT2D eigenvalue weighted by atomic mass is 10.00. The molecule has 2 rings (SSSR count). The topological polar surface area (TPSA) is 20.2 Å². The molecule has 0 spiro atoms. The van der Waals surface area contributed by atoms with Crippen LogP contribution >= 0.6 is 0 Å². The zero-order valence-electron chi connectivity index (χ0n) is 11.3. The zero-order valence-corrected chi connectivity index (χ0v) is 11.3. The van der Waals surface area contributed by atoms with Gasteiger partial charge in [-0.15, -0.1) is 0 Å². The van der Waals surface area contributed by atoms with Crippen LogP contribution in [-0.4, -0.2) is 21.7 Å². The summed E-state index contributed by atoms with van der Waals surface area (Å²) in [6.07, 6.45) is 6.14. The number of aromatic nitrogens is 1. The second-order valence-electron chi connectivity index (χ2n) is 5.16. The molecular weight excluding hydrogens is 210 g/mol. The normalized spacial score (nSPS) is 26.3. The highest BCUT2D eigenvalue weighted by Crippen LogP contribution is 2.20. The van der Waals surface area contributed by atoms with Crippen molar-refractivity contribution in [2.45, 2.75) is 65.2 Å². The van der Waals surface area contributed by atoms with E-state index < -0.39 is 0 Å². The first-order chi connectivity index (χ1) is 8.22. The minimum absolute atomic E-state index is 0.656. The minimum Gasteiger partial charge on any atom is -0.350 e. The van der Waals surface area contributed by atoms with Gasteiger partial charge in [0.25, 0.3) is 0 Å². The predicted octanol–water partition coefficient (Wildman–Crippen LogP) is 2.78. The van der Waals surface area contributed by atoms with E-state index in [0.29, 0.717) is 12.1 Å². The lowest BCUT2D eigenvalue weighted by molar-refractivity contribution is 0.0427. The van der Waals surface area contributed by atoms with E-state index in [1.54, 1.807) is 0 Å². The van der Waals surface area contributed by atoms with E-state index in [4.69, 9.17) is 0 Å². The average Bonchev–Trinajstić information content (AvgIpc) is 2.76. The van der Waals surface area contributed by atoms with Crippen LogP contribution in [0.1, 0.15) is 45.7 Å². The Hall–Kier alpha value is -0.800. The Balaban J connectivity index is 1.92. The maximum absolute atomic E-state index is 3.61. The van der Waals surface area contributed by atoms with E-state index in [0.717, 1.165) is 13.1 Å². The Morgan fingerprint density at radius 1 is 1.29 bits per heavy atom. The summed E-state index contributed by atoms with van der Waals surface area (Å²) >= 11 is 0. The fourth-order valence-corrected chi connectivity index (χ4v) is 2.82. The van der Waals surface area contributed by atoms with Crippen LogP contribution in [0, 0.1) is 0 Å². The van der Waals surface area contributed by atoms with Gasteiger partial charge in [-0.1, -0.05) is 6.42 Å². The van der Waals surface area contributed by atoms with E-state index >= 15 is 0 Å². The number of nitrogens with one attached hydrogen (secondary N) is 1. The molecule has 2 heterocycles. The fraction of sp³-hybridized carbons (Fsp3) is 0.714. The quantitative estimate of drug-likeness (QED) is 0.866. The smallest absolute Gasteiger partial charge is 0.0506 e. The Kier molecular flexibility index (Phi) is 4.24. The second kappa shape index (κ2) is 5.69. The maximum Gasteiger partial charge on any atom is 0.0506 e. The number of hydrogen-bond acceptors (Lipinski definition) is 2. The molecule has 96 valence electrons. The highest BCUT2D eigenvalue weighted by atomic mass is 15.5. The van der Waals surface area contributed by atoms with Gasteiger partial charge in [0.15, 0.2) is 0 Å². The highest BCUT2D eigenvalue weighted by molar-refractivity contribution is 5.06. The molecule has 0 aliphatic carbocycles. The highest BCUT2D eigenvalue weighted by Gasteiger charge is 2.24. The van der Waals surface area contributed by atoms with Crippen molar-refractivity contribution in [3.8, 4) is 0 Å². The van der Waals surface area contributed by atoms with Gasteiger partial charge in [0.2, 0.25) is 0 Å². The minimum atomic E-state index is 0.656. The molecule has 0 radical (unpaired) electrons. The van der Waals surface area contributed by atoms with E-state index in [1.807, 2.05) is 0 Å². The molecular formula is C14H25N3. The first kappa shape index (κ1) is 12.7. The molecule has 0 aromatic carbocycles. The average molecular weight is 235 g/mol. The summed E-state index contributed by atoms with van der Waals surface area (Å²) < 4.78 is 2.30. The monoisotopic (exact) mass is 235 g/mol. The molecule has 2 unspecified atom stereocenters. The molecule has 3 heteroatoms. The number of hydrogen-bond donors (Lipinski definition) is 1. The van der Waals surface area contributed by atoms with Crippen molar-refractivity contribution in [1.82, 2.24) is 15.0 Å². The fourth-order valence-electron chi connectivity index (χ4n) is 2.82. The number of piperidine rings is 1. The van der Waals surface area contributed by atoms with Gasteiger partial charge in [0, 0.05) is 30.5 Å². The summed E-state index contributed by atoms with van der Waals surface area (Å²) in [6.45, 7) is 8.82. The molecule has 0 amide bonds. The van der Waals surface area contributed by atoms with E-state index in [9.17, 15) is 0 Å². The largest absolute Gasteiger partial charge is 0.350 e. The molecule has 1 aliphatic heterocycles. The third-order valence-corrected chi connectivity index (χ3v) is 3.90. The Morgan fingerprint density at radius 3 is 2.65 bits per heavy atom. The van der Waals surface area contributed by atoms with Crippen molar-refractivity contribution >= 4 is 0 Å². The van der Waals surface area contributed by atoms with Gasteiger partial charge in [-0.25, -0.2) is 10.4 Å². The summed E-state index contributed by atoms with van der Waals surface area (Å²) in [5.74, 6) is 0. The number of hydrazine groups is 1. The molecule has 1 saturated heterocycles. The van der Waals surface area contributed by atoms with Gasteiger partial charge in [-0.05, 0) is 45.7 Å². The van der Waals surface area contributed by atoms with E-state index in [2.05, 4.69) is 54.1 Å². The number of rotatable bonds is 4. The summed E-state index contributed by atoms with van der Waals surface area (Å²) in [5, 5.41) is 2.44. The first-order valence-electron chi connectivity index (χ1n) is 6.88. The standard InChI is InChI=1S/C14H25N3/c1-4-16-10-6-9-14(16)11-15-17-12(2)7-5-8-13(17)3/h6,9-10,12-13,15H,4-5,7-8,11H2,1-3H3. The van der Waals surface area contributed by atoms with Gasteiger partial charge < -0.3 is 4.57 Å². The molecule has 1 aliphatic rings.